The molecule has 6 heteroatoms. The molecular formula is C19H24N6. The first-order valence-electron chi connectivity index (χ1n) is 8.81. The summed E-state index contributed by atoms with van der Waals surface area (Å²) in [5.74, 6) is 0. The average molecular weight is 336 g/mol. The third-order valence-electron chi connectivity index (χ3n) is 5.07. The van der Waals surface area contributed by atoms with Crippen molar-refractivity contribution in [2.75, 3.05) is 36.8 Å². The Morgan fingerprint density at radius 3 is 2.40 bits per heavy atom. The van der Waals surface area contributed by atoms with E-state index < -0.39 is 0 Å². The maximum absolute atomic E-state index is 6.28. The topological polar surface area (TPSA) is 62.7 Å². The summed E-state index contributed by atoms with van der Waals surface area (Å²) >= 11 is 0. The molecule has 2 aromatic heterocycles. The Morgan fingerprint density at radius 1 is 1.00 bits per heavy atom. The van der Waals surface area contributed by atoms with E-state index in [9.17, 15) is 0 Å². The fourth-order valence-corrected chi connectivity index (χ4v) is 3.51. The lowest BCUT2D eigenvalue weighted by Gasteiger charge is -2.38. The van der Waals surface area contributed by atoms with E-state index in [1.807, 2.05) is 12.3 Å². The van der Waals surface area contributed by atoms with E-state index in [-0.39, 0.29) is 0 Å². The predicted molar refractivity (Wildman–Crippen MR) is 102 cm³/mol. The molecule has 1 aliphatic heterocycles. The van der Waals surface area contributed by atoms with Crippen molar-refractivity contribution < 1.29 is 0 Å². The fourth-order valence-electron chi connectivity index (χ4n) is 3.51. The van der Waals surface area contributed by atoms with Gasteiger partial charge in [-0.2, -0.15) is 5.10 Å². The number of anilines is 2. The summed E-state index contributed by atoms with van der Waals surface area (Å²) < 4.78 is 1.70. The molecule has 0 spiro atoms. The molecule has 130 valence electrons. The molecule has 6 nitrogen and oxygen atoms in total. The van der Waals surface area contributed by atoms with Crippen LogP contribution >= 0.6 is 0 Å². The van der Waals surface area contributed by atoms with Gasteiger partial charge in [0, 0.05) is 49.7 Å². The van der Waals surface area contributed by atoms with E-state index in [1.54, 1.807) is 4.52 Å². The quantitative estimate of drug-likeness (QED) is 0.796. The van der Waals surface area contributed by atoms with E-state index in [1.165, 1.54) is 12.0 Å². The summed E-state index contributed by atoms with van der Waals surface area (Å²) in [6.07, 6.45) is 3.42. The maximum Gasteiger partial charge on any atom is 0.178 e. The minimum Gasteiger partial charge on any atom is -0.395 e. The largest absolute Gasteiger partial charge is 0.395 e. The number of aromatic nitrogens is 3. The number of pyridine rings is 1. The van der Waals surface area contributed by atoms with Gasteiger partial charge in [-0.1, -0.05) is 12.1 Å². The standard InChI is InChI=1S/C19H24N6/c1-14(2)23-9-11-24(12-10-23)16-5-3-15(4-6-16)17-7-8-25-19(18(17)20)21-13-22-25/h3-8,13-14H,9-12,20H2,1-2H3. The van der Waals surface area contributed by atoms with Crippen molar-refractivity contribution in [3.8, 4) is 11.1 Å². The SMILES string of the molecule is CC(C)N1CCN(c2ccc(-c3ccn4ncnc4c3N)cc2)CC1. The van der Waals surface area contributed by atoms with Crippen LogP contribution < -0.4 is 10.6 Å². The second-order valence-corrected chi connectivity index (χ2v) is 6.83. The Kier molecular flexibility index (Phi) is 4.05. The normalized spacial score (nSPS) is 16.0. The first-order chi connectivity index (χ1) is 12.1. The van der Waals surface area contributed by atoms with Gasteiger partial charge in [0.05, 0.1) is 5.69 Å². The van der Waals surface area contributed by atoms with Crippen LogP contribution in [0.1, 0.15) is 13.8 Å². The van der Waals surface area contributed by atoms with Crippen molar-refractivity contribution in [3.63, 3.8) is 0 Å². The molecule has 0 unspecified atom stereocenters. The van der Waals surface area contributed by atoms with E-state index in [4.69, 9.17) is 5.73 Å². The number of hydrogen-bond donors (Lipinski definition) is 1. The summed E-state index contributed by atoms with van der Waals surface area (Å²) in [5.41, 5.74) is 11.0. The summed E-state index contributed by atoms with van der Waals surface area (Å²) in [5, 5.41) is 4.12. The highest BCUT2D eigenvalue weighted by Gasteiger charge is 2.19. The molecular weight excluding hydrogens is 312 g/mol. The van der Waals surface area contributed by atoms with Gasteiger partial charge in [0.15, 0.2) is 5.65 Å². The second-order valence-electron chi connectivity index (χ2n) is 6.83. The number of fused-ring (bicyclic) bond motifs is 1. The number of nitrogen functional groups attached to an aromatic ring is 1. The van der Waals surface area contributed by atoms with Gasteiger partial charge >= 0.3 is 0 Å². The zero-order chi connectivity index (χ0) is 17.4. The summed E-state index contributed by atoms with van der Waals surface area (Å²) in [4.78, 5) is 9.21. The smallest absolute Gasteiger partial charge is 0.178 e. The summed E-state index contributed by atoms with van der Waals surface area (Å²) in [6.45, 7) is 8.92. The molecule has 1 aromatic carbocycles. The van der Waals surface area contributed by atoms with Crippen molar-refractivity contribution in [1.29, 1.82) is 0 Å². The third kappa shape index (κ3) is 2.93. The van der Waals surface area contributed by atoms with Crippen LogP contribution in [0.3, 0.4) is 0 Å². The van der Waals surface area contributed by atoms with Crippen LogP contribution in [0, 0.1) is 0 Å². The van der Waals surface area contributed by atoms with Crippen molar-refractivity contribution in [2.45, 2.75) is 19.9 Å². The highest BCUT2D eigenvalue weighted by atomic mass is 15.3. The minimum atomic E-state index is 0.625. The molecule has 0 atom stereocenters. The molecule has 1 saturated heterocycles. The Morgan fingerprint density at radius 2 is 1.72 bits per heavy atom. The Balaban J connectivity index is 1.55. The van der Waals surface area contributed by atoms with E-state index in [0.29, 0.717) is 17.4 Å². The Labute approximate surface area is 147 Å². The first kappa shape index (κ1) is 15.9. The van der Waals surface area contributed by atoms with Crippen LogP contribution in [0.5, 0.6) is 0 Å². The lowest BCUT2D eigenvalue weighted by Crippen LogP contribution is -2.48. The average Bonchev–Trinajstić information content (AvgIpc) is 3.12. The maximum atomic E-state index is 6.28. The highest BCUT2D eigenvalue weighted by molar-refractivity contribution is 5.85. The number of hydrogen-bond acceptors (Lipinski definition) is 5. The Bertz CT molecular complexity index is 859. The third-order valence-corrected chi connectivity index (χ3v) is 5.07. The molecule has 25 heavy (non-hydrogen) atoms. The van der Waals surface area contributed by atoms with Crippen molar-refractivity contribution in [3.05, 3.63) is 42.9 Å². The molecule has 0 aliphatic carbocycles. The van der Waals surface area contributed by atoms with Crippen LogP contribution in [0.2, 0.25) is 0 Å². The molecule has 3 aromatic rings. The fraction of sp³-hybridized carbons (Fsp3) is 0.368. The molecule has 2 N–H and O–H groups in total. The van der Waals surface area contributed by atoms with Gasteiger partial charge in [-0.05, 0) is 37.6 Å². The zero-order valence-corrected chi connectivity index (χ0v) is 14.8. The summed E-state index contributed by atoms with van der Waals surface area (Å²) in [6, 6.07) is 11.3. The molecule has 4 rings (SSSR count). The highest BCUT2D eigenvalue weighted by Crippen LogP contribution is 2.30. The van der Waals surface area contributed by atoms with Crippen LogP contribution in [0.15, 0.2) is 42.9 Å². The summed E-state index contributed by atoms with van der Waals surface area (Å²) in [7, 11) is 0. The predicted octanol–water partition coefficient (Wildman–Crippen LogP) is 2.51. The molecule has 0 saturated carbocycles. The lowest BCUT2D eigenvalue weighted by molar-refractivity contribution is 0.209. The monoisotopic (exact) mass is 336 g/mol. The number of benzene rings is 1. The van der Waals surface area contributed by atoms with Crippen molar-refractivity contribution >= 4 is 17.0 Å². The van der Waals surface area contributed by atoms with Crippen LogP contribution in [0.25, 0.3) is 16.8 Å². The van der Waals surface area contributed by atoms with Crippen LogP contribution in [0.4, 0.5) is 11.4 Å². The van der Waals surface area contributed by atoms with Gasteiger partial charge < -0.3 is 10.6 Å². The van der Waals surface area contributed by atoms with Crippen molar-refractivity contribution in [2.24, 2.45) is 0 Å². The van der Waals surface area contributed by atoms with Gasteiger partial charge in [-0.3, -0.25) is 4.90 Å². The molecule has 0 bridgehead atoms. The second kappa shape index (κ2) is 6.37. The van der Waals surface area contributed by atoms with Crippen LogP contribution in [-0.2, 0) is 0 Å². The van der Waals surface area contributed by atoms with Gasteiger partial charge in [-0.25, -0.2) is 9.50 Å². The Hall–Kier alpha value is -2.60. The lowest BCUT2D eigenvalue weighted by atomic mass is 10.0. The van der Waals surface area contributed by atoms with E-state index >= 15 is 0 Å². The first-order valence-corrected chi connectivity index (χ1v) is 8.81. The molecule has 1 aliphatic rings. The minimum absolute atomic E-state index is 0.625. The molecule has 3 heterocycles. The van der Waals surface area contributed by atoms with Crippen molar-refractivity contribution in [1.82, 2.24) is 19.5 Å². The number of nitrogens with two attached hydrogens (primary N) is 1. The van der Waals surface area contributed by atoms with Gasteiger partial charge in [-0.15, -0.1) is 0 Å². The van der Waals surface area contributed by atoms with Crippen LogP contribution in [-0.4, -0.2) is 51.7 Å². The van der Waals surface area contributed by atoms with Gasteiger partial charge in [0.2, 0.25) is 0 Å². The molecule has 1 fully saturated rings. The number of rotatable bonds is 3. The number of piperazine rings is 1. The number of nitrogens with zero attached hydrogens (tertiary/aromatic N) is 5. The molecule has 0 radical (unpaired) electrons. The van der Waals surface area contributed by atoms with E-state index in [2.05, 4.69) is 58.0 Å². The zero-order valence-electron chi connectivity index (χ0n) is 14.8. The molecule has 0 amide bonds. The van der Waals surface area contributed by atoms with Gasteiger partial charge in [0.25, 0.3) is 0 Å². The van der Waals surface area contributed by atoms with E-state index in [0.717, 1.165) is 37.3 Å². The van der Waals surface area contributed by atoms with Gasteiger partial charge in [0.1, 0.15) is 6.33 Å².